The molecule has 0 amide bonds. The molecule has 0 aliphatic carbocycles. The monoisotopic (exact) mass is 404 g/mol. The maximum Gasteiger partial charge on any atom is 0.209 e. The Kier molecular flexibility index (Phi) is 4.53. The van der Waals surface area contributed by atoms with Gasteiger partial charge in [-0.1, -0.05) is 48.2 Å². The normalized spacial score (nSPS) is 11.3. The third-order valence-electron chi connectivity index (χ3n) is 4.56. The molecular formula is C19H16N8OS. The Morgan fingerprint density at radius 3 is 2.69 bits per heavy atom. The first-order valence-electron chi connectivity index (χ1n) is 8.98. The van der Waals surface area contributed by atoms with Crippen molar-refractivity contribution >= 4 is 22.8 Å². The Labute approximate surface area is 169 Å². The van der Waals surface area contributed by atoms with Gasteiger partial charge >= 0.3 is 0 Å². The van der Waals surface area contributed by atoms with Gasteiger partial charge < -0.3 is 4.57 Å². The van der Waals surface area contributed by atoms with Crippen LogP contribution in [0.3, 0.4) is 0 Å². The summed E-state index contributed by atoms with van der Waals surface area (Å²) in [5.74, 6) is 0.805. The Balaban J connectivity index is 1.52. The van der Waals surface area contributed by atoms with Gasteiger partial charge in [0.2, 0.25) is 5.16 Å². The van der Waals surface area contributed by atoms with Crippen LogP contribution in [0.25, 0.3) is 33.5 Å². The first kappa shape index (κ1) is 17.6. The summed E-state index contributed by atoms with van der Waals surface area (Å²) in [7, 11) is 1.83. The van der Waals surface area contributed by atoms with Crippen LogP contribution in [0.15, 0.2) is 64.6 Å². The SMILES string of the molecule is Cn1nnnc1SCCn1cnc(-c2ccccc2)c1-c1ccc2nonc2c1. The minimum absolute atomic E-state index is 0.716. The van der Waals surface area contributed by atoms with Crippen molar-refractivity contribution in [2.75, 3.05) is 5.75 Å². The molecular weight excluding hydrogens is 388 g/mol. The van der Waals surface area contributed by atoms with Crippen molar-refractivity contribution in [3.8, 4) is 22.5 Å². The predicted molar refractivity (Wildman–Crippen MR) is 108 cm³/mol. The Morgan fingerprint density at radius 1 is 1.00 bits per heavy atom. The van der Waals surface area contributed by atoms with E-state index in [9.17, 15) is 0 Å². The van der Waals surface area contributed by atoms with Crippen molar-refractivity contribution in [2.45, 2.75) is 11.7 Å². The second kappa shape index (κ2) is 7.47. The van der Waals surface area contributed by atoms with Crippen molar-refractivity contribution in [3.63, 3.8) is 0 Å². The van der Waals surface area contributed by atoms with Crippen LogP contribution in [0.5, 0.6) is 0 Å². The van der Waals surface area contributed by atoms with Gasteiger partial charge in [0.25, 0.3) is 0 Å². The zero-order valence-electron chi connectivity index (χ0n) is 15.5. The van der Waals surface area contributed by atoms with Crippen molar-refractivity contribution in [2.24, 2.45) is 7.05 Å². The molecule has 0 saturated carbocycles. The van der Waals surface area contributed by atoms with Gasteiger partial charge in [-0.25, -0.2) is 14.3 Å². The number of fused-ring (bicyclic) bond motifs is 1. The van der Waals surface area contributed by atoms with E-state index >= 15 is 0 Å². The fraction of sp³-hybridized carbons (Fsp3) is 0.158. The summed E-state index contributed by atoms with van der Waals surface area (Å²) in [4.78, 5) is 4.71. The lowest BCUT2D eigenvalue weighted by molar-refractivity contribution is 0.315. The van der Waals surface area contributed by atoms with E-state index < -0.39 is 0 Å². The number of aromatic nitrogens is 8. The Hall–Kier alpha value is -3.53. The van der Waals surface area contributed by atoms with Gasteiger partial charge in [0.05, 0.1) is 17.7 Å². The number of rotatable bonds is 6. The molecule has 5 rings (SSSR count). The van der Waals surface area contributed by atoms with Gasteiger partial charge in [-0.05, 0) is 32.9 Å². The summed E-state index contributed by atoms with van der Waals surface area (Å²) in [6.45, 7) is 0.752. The third kappa shape index (κ3) is 3.38. The number of imidazole rings is 1. The van der Waals surface area contributed by atoms with Crippen LogP contribution in [0.4, 0.5) is 0 Å². The van der Waals surface area contributed by atoms with Crippen molar-refractivity contribution in [1.29, 1.82) is 0 Å². The highest BCUT2D eigenvalue weighted by molar-refractivity contribution is 7.99. The summed E-state index contributed by atoms with van der Waals surface area (Å²) < 4.78 is 8.67. The standard InChI is InChI=1S/C19H16N8OS/c1-26-19(21-24-25-26)29-10-9-27-12-20-17(13-5-3-2-4-6-13)18(27)14-7-8-15-16(11-14)23-28-22-15/h2-8,11-12H,9-10H2,1H3. The summed E-state index contributed by atoms with van der Waals surface area (Å²) in [5.41, 5.74) is 5.46. The second-order valence-corrected chi connectivity index (χ2v) is 7.46. The van der Waals surface area contributed by atoms with Gasteiger partial charge in [0.1, 0.15) is 11.0 Å². The smallest absolute Gasteiger partial charge is 0.209 e. The summed E-state index contributed by atoms with van der Waals surface area (Å²) in [6.07, 6.45) is 1.87. The molecule has 10 heteroatoms. The second-order valence-electron chi connectivity index (χ2n) is 6.40. The average molecular weight is 404 g/mol. The molecule has 9 nitrogen and oxygen atoms in total. The average Bonchev–Trinajstić information content (AvgIpc) is 3.48. The number of nitrogens with zero attached hydrogens (tertiary/aromatic N) is 8. The minimum Gasteiger partial charge on any atom is -0.329 e. The number of thioether (sulfide) groups is 1. The number of aryl methyl sites for hydroxylation is 2. The Bertz CT molecular complexity index is 1260. The molecule has 0 fully saturated rings. The topological polar surface area (TPSA) is 100 Å². The van der Waals surface area contributed by atoms with Gasteiger partial charge in [0, 0.05) is 30.5 Å². The zero-order valence-corrected chi connectivity index (χ0v) is 16.3. The van der Waals surface area contributed by atoms with Gasteiger partial charge in [0.15, 0.2) is 0 Å². The molecule has 3 heterocycles. The first-order valence-corrected chi connectivity index (χ1v) is 9.96. The molecule has 5 aromatic rings. The molecule has 0 aliphatic heterocycles. The fourth-order valence-electron chi connectivity index (χ4n) is 3.17. The molecule has 0 unspecified atom stereocenters. The molecule has 0 radical (unpaired) electrons. The molecule has 0 aliphatic rings. The van der Waals surface area contributed by atoms with E-state index in [2.05, 4.69) is 42.5 Å². The van der Waals surface area contributed by atoms with Gasteiger partial charge in [-0.3, -0.25) is 0 Å². The number of benzene rings is 2. The lowest BCUT2D eigenvalue weighted by Crippen LogP contribution is -2.03. The minimum atomic E-state index is 0.716. The van der Waals surface area contributed by atoms with Crippen LogP contribution < -0.4 is 0 Å². The number of hydrogen-bond donors (Lipinski definition) is 0. The molecule has 0 N–H and O–H groups in total. The number of tetrazole rings is 1. The quantitative estimate of drug-likeness (QED) is 0.398. The molecule has 0 spiro atoms. The Morgan fingerprint density at radius 2 is 1.86 bits per heavy atom. The van der Waals surface area contributed by atoms with E-state index in [1.54, 1.807) is 16.4 Å². The molecule has 0 saturated heterocycles. The third-order valence-corrected chi connectivity index (χ3v) is 5.55. The highest BCUT2D eigenvalue weighted by Gasteiger charge is 2.16. The highest BCUT2D eigenvalue weighted by atomic mass is 32.2. The molecule has 2 aromatic carbocycles. The van der Waals surface area contributed by atoms with E-state index in [0.29, 0.717) is 5.52 Å². The van der Waals surface area contributed by atoms with Crippen molar-refractivity contribution in [3.05, 3.63) is 54.9 Å². The van der Waals surface area contributed by atoms with E-state index in [0.717, 1.165) is 45.5 Å². The summed E-state index contributed by atoms with van der Waals surface area (Å²) in [6, 6.07) is 16.1. The van der Waals surface area contributed by atoms with E-state index in [1.165, 1.54) is 0 Å². The van der Waals surface area contributed by atoms with Crippen LogP contribution in [-0.4, -0.2) is 45.8 Å². The predicted octanol–water partition coefficient (Wildman–Crippen LogP) is 3.07. The number of hydrogen-bond acceptors (Lipinski definition) is 8. The molecule has 3 aromatic heterocycles. The lowest BCUT2D eigenvalue weighted by Gasteiger charge is -2.10. The van der Waals surface area contributed by atoms with Crippen LogP contribution in [0.2, 0.25) is 0 Å². The van der Waals surface area contributed by atoms with Gasteiger partial charge in [-0.15, -0.1) is 5.10 Å². The van der Waals surface area contributed by atoms with Crippen LogP contribution in [0.1, 0.15) is 0 Å². The van der Waals surface area contributed by atoms with Crippen molar-refractivity contribution < 1.29 is 4.63 Å². The molecule has 0 bridgehead atoms. The zero-order chi connectivity index (χ0) is 19.6. The highest BCUT2D eigenvalue weighted by Crippen LogP contribution is 2.32. The summed E-state index contributed by atoms with van der Waals surface area (Å²) >= 11 is 1.60. The van der Waals surface area contributed by atoms with Gasteiger partial charge in [-0.2, -0.15) is 0 Å². The van der Waals surface area contributed by atoms with Crippen LogP contribution in [-0.2, 0) is 13.6 Å². The summed E-state index contributed by atoms with van der Waals surface area (Å²) in [5, 5.41) is 20.2. The maximum atomic E-state index is 4.85. The largest absolute Gasteiger partial charge is 0.329 e. The lowest BCUT2D eigenvalue weighted by atomic mass is 10.0. The van der Waals surface area contributed by atoms with Crippen molar-refractivity contribution in [1.82, 2.24) is 40.1 Å². The van der Waals surface area contributed by atoms with Crippen LogP contribution >= 0.6 is 11.8 Å². The van der Waals surface area contributed by atoms with E-state index in [4.69, 9.17) is 9.61 Å². The molecule has 29 heavy (non-hydrogen) atoms. The van der Waals surface area contributed by atoms with E-state index in [1.807, 2.05) is 49.8 Å². The first-order chi connectivity index (χ1) is 14.3. The molecule has 144 valence electrons. The van der Waals surface area contributed by atoms with E-state index in [-0.39, 0.29) is 0 Å². The molecule has 0 atom stereocenters. The fourth-order valence-corrected chi connectivity index (χ4v) is 3.96. The van der Waals surface area contributed by atoms with Crippen LogP contribution in [0, 0.1) is 0 Å². The maximum absolute atomic E-state index is 4.85.